The number of nitrogens with one attached hydrogen (secondary N) is 1. The van der Waals surface area contributed by atoms with Crippen molar-refractivity contribution in [3.63, 3.8) is 0 Å². The average Bonchev–Trinajstić information content (AvgIpc) is 2.65. The highest BCUT2D eigenvalue weighted by atomic mass is 16.3. The SMILES string of the molecule is CCCNC(C)(CO)CCCN1CC(C)CC1C. The van der Waals surface area contributed by atoms with Crippen molar-refractivity contribution in [3.8, 4) is 0 Å². The van der Waals surface area contributed by atoms with E-state index >= 15 is 0 Å². The van der Waals surface area contributed by atoms with Gasteiger partial charge >= 0.3 is 0 Å². The van der Waals surface area contributed by atoms with E-state index in [-0.39, 0.29) is 12.1 Å². The van der Waals surface area contributed by atoms with Gasteiger partial charge in [0.15, 0.2) is 0 Å². The monoisotopic (exact) mass is 256 g/mol. The van der Waals surface area contributed by atoms with Gasteiger partial charge in [0.2, 0.25) is 0 Å². The summed E-state index contributed by atoms with van der Waals surface area (Å²) in [5.74, 6) is 0.849. The Morgan fingerprint density at radius 1 is 1.39 bits per heavy atom. The van der Waals surface area contributed by atoms with Crippen molar-refractivity contribution in [2.24, 2.45) is 5.92 Å². The van der Waals surface area contributed by atoms with Gasteiger partial charge in [-0.25, -0.2) is 0 Å². The predicted octanol–water partition coefficient (Wildman–Crippen LogP) is 2.25. The summed E-state index contributed by atoms with van der Waals surface area (Å²) in [4.78, 5) is 2.60. The summed E-state index contributed by atoms with van der Waals surface area (Å²) in [5.41, 5.74) is -0.0927. The number of hydrogen-bond acceptors (Lipinski definition) is 3. The Kier molecular flexibility index (Phi) is 6.61. The smallest absolute Gasteiger partial charge is 0.0610 e. The van der Waals surface area contributed by atoms with Gasteiger partial charge in [0.05, 0.1) is 6.61 Å². The molecule has 3 nitrogen and oxygen atoms in total. The highest BCUT2D eigenvalue weighted by Crippen LogP contribution is 2.23. The largest absolute Gasteiger partial charge is 0.394 e. The van der Waals surface area contributed by atoms with E-state index in [1.165, 1.54) is 25.9 Å². The molecular formula is C15H32N2O. The van der Waals surface area contributed by atoms with E-state index in [0.717, 1.165) is 31.3 Å². The van der Waals surface area contributed by atoms with Gasteiger partial charge < -0.3 is 15.3 Å². The number of nitrogens with zero attached hydrogens (tertiary/aromatic N) is 1. The van der Waals surface area contributed by atoms with Crippen molar-refractivity contribution < 1.29 is 5.11 Å². The van der Waals surface area contributed by atoms with Crippen LogP contribution < -0.4 is 5.32 Å². The van der Waals surface area contributed by atoms with Crippen molar-refractivity contribution in [1.82, 2.24) is 10.2 Å². The van der Waals surface area contributed by atoms with Crippen LogP contribution in [0.3, 0.4) is 0 Å². The molecule has 0 aromatic rings. The number of aliphatic hydroxyl groups is 1. The average molecular weight is 256 g/mol. The Hall–Kier alpha value is -0.120. The van der Waals surface area contributed by atoms with Crippen molar-refractivity contribution in [1.29, 1.82) is 0 Å². The first-order chi connectivity index (χ1) is 8.50. The van der Waals surface area contributed by atoms with Crippen LogP contribution in [0.2, 0.25) is 0 Å². The summed E-state index contributed by atoms with van der Waals surface area (Å²) in [6, 6.07) is 0.740. The van der Waals surface area contributed by atoms with Crippen molar-refractivity contribution in [3.05, 3.63) is 0 Å². The molecule has 0 aromatic carbocycles. The molecule has 0 aromatic heterocycles. The Balaban J connectivity index is 2.26. The summed E-state index contributed by atoms with van der Waals surface area (Å²) >= 11 is 0. The van der Waals surface area contributed by atoms with Crippen LogP contribution in [-0.4, -0.2) is 47.8 Å². The zero-order valence-corrected chi connectivity index (χ0v) is 12.7. The summed E-state index contributed by atoms with van der Waals surface area (Å²) in [5, 5.41) is 13.0. The maximum Gasteiger partial charge on any atom is 0.0610 e. The first-order valence-corrected chi connectivity index (χ1v) is 7.60. The molecule has 1 aliphatic heterocycles. The molecule has 2 N–H and O–H groups in total. The van der Waals surface area contributed by atoms with Gasteiger partial charge in [-0.1, -0.05) is 13.8 Å². The quantitative estimate of drug-likeness (QED) is 0.699. The van der Waals surface area contributed by atoms with Gasteiger partial charge in [-0.15, -0.1) is 0 Å². The minimum atomic E-state index is -0.0927. The molecule has 108 valence electrons. The minimum absolute atomic E-state index is 0.0927. The van der Waals surface area contributed by atoms with Gasteiger partial charge in [0.1, 0.15) is 0 Å². The maximum atomic E-state index is 9.52. The molecule has 1 rings (SSSR count). The highest BCUT2D eigenvalue weighted by molar-refractivity contribution is 4.84. The van der Waals surface area contributed by atoms with E-state index in [0.29, 0.717) is 0 Å². The molecule has 3 heteroatoms. The molecule has 0 spiro atoms. The molecule has 1 saturated heterocycles. The third-order valence-corrected chi connectivity index (χ3v) is 4.24. The van der Waals surface area contributed by atoms with E-state index in [1.807, 2.05) is 0 Å². The third-order valence-electron chi connectivity index (χ3n) is 4.24. The van der Waals surface area contributed by atoms with Crippen molar-refractivity contribution >= 4 is 0 Å². The van der Waals surface area contributed by atoms with Gasteiger partial charge in [0, 0.05) is 18.1 Å². The lowest BCUT2D eigenvalue weighted by molar-refractivity contribution is 0.155. The second-order valence-electron chi connectivity index (χ2n) is 6.43. The van der Waals surface area contributed by atoms with Crippen LogP contribution in [0.1, 0.15) is 53.4 Å². The lowest BCUT2D eigenvalue weighted by Gasteiger charge is -2.30. The van der Waals surface area contributed by atoms with Crippen LogP contribution in [0.25, 0.3) is 0 Å². The summed E-state index contributed by atoms with van der Waals surface area (Å²) in [7, 11) is 0. The van der Waals surface area contributed by atoms with Gasteiger partial charge in [0.25, 0.3) is 0 Å². The molecule has 1 fully saturated rings. The molecule has 0 bridgehead atoms. The van der Waals surface area contributed by atoms with Crippen molar-refractivity contribution in [2.75, 3.05) is 26.2 Å². The Bertz CT molecular complexity index is 235. The van der Waals surface area contributed by atoms with Crippen LogP contribution in [0, 0.1) is 5.92 Å². The van der Waals surface area contributed by atoms with Gasteiger partial charge in [-0.3, -0.25) is 0 Å². The topological polar surface area (TPSA) is 35.5 Å². The van der Waals surface area contributed by atoms with E-state index < -0.39 is 0 Å². The van der Waals surface area contributed by atoms with Crippen LogP contribution in [0.15, 0.2) is 0 Å². The molecule has 3 atom stereocenters. The Morgan fingerprint density at radius 3 is 2.61 bits per heavy atom. The van der Waals surface area contributed by atoms with Crippen molar-refractivity contribution in [2.45, 2.75) is 65.0 Å². The lowest BCUT2D eigenvalue weighted by atomic mass is 9.96. The molecule has 18 heavy (non-hydrogen) atoms. The number of likely N-dealkylation sites (tertiary alicyclic amines) is 1. The summed E-state index contributed by atoms with van der Waals surface area (Å²) < 4.78 is 0. The second-order valence-corrected chi connectivity index (χ2v) is 6.43. The fourth-order valence-electron chi connectivity index (χ4n) is 3.02. The number of aliphatic hydroxyl groups excluding tert-OH is 1. The number of hydrogen-bond donors (Lipinski definition) is 2. The van der Waals surface area contributed by atoms with Gasteiger partial charge in [-0.05, 0) is 58.5 Å². The molecule has 0 amide bonds. The fraction of sp³-hybridized carbons (Fsp3) is 1.00. The summed E-state index contributed by atoms with van der Waals surface area (Å²) in [6.07, 6.45) is 4.69. The molecule has 0 radical (unpaired) electrons. The first kappa shape index (κ1) is 15.9. The first-order valence-electron chi connectivity index (χ1n) is 7.60. The highest BCUT2D eigenvalue weighted by Gasteiger charge is 2.27. The Labute approximate surface area is 113 Å². The third kappa shape index (κ3) is 4.87. The zero-order chi connectivity index (χ0) is 13.6. The molecule has 0 saturated carbocycles. The fourth-order valence-corrected chi connectivity index (χ4v) is 3.02. The molecule has 0 aliphatic carbocycles. The van der Waals surface area contributed by atoms with Crippen LogP contribution in [-0.2, 0) is 0 Å². The Morgan fingerprint density at radius 2 is 2.11 bits per heavy atom. The predicted molar refractivity (Wildman–Crippen MR) is 77.8 cm³/mol. The van der Waals surface area contributed by atoms with E-state index in [4.69, 9.17) is 0 Å². The lowest BCUT2D eigenvalue weighted by Crippen LogP contribution is -2.46. The standard InChI is InChI=1S/C15H32N2O/c1-5-8-16-15(4,12-18)7-6-9-17-11-13(2)10-14(17)3/h13-14,16,18H,5-12H2,1-4H3. The van der Waals surface area contributed by atoms with E-state index in [9.17, 15) is 5.11 Å². The van der Waals surface area contributed by atoms with Crippen LogP contribution in [0.4, 0.5) is 0 Å². The zero-order valence-electron chi connectivity index (χ0n) is 12.7. The van der Waals surface area contributed by atoms with E-state index in [2.05, 4.69) is 37.9 Å². The second kappa shape index (κ2) is 7.46. The van der Waals surface area contributed by atoms with E-state index in [1.54, 1.807) is 0 Å². The molecule has 1 heterocycles. The maximum absolute atomic E-state index is 9.52. The normalized spacial score (nSPS) is 28.5. The minimum Gasteiger partial charge on any atom is -0.394 e. The molecule has 3 unspecified atom stereocenters. The van der Waals surface area contributed by atoms with Gasteiger partial charge in [-0.2, -0.15) is 0 Å². The molecule has 1 aliphatic rings. The van der Waals surface area contributed by atoms with Crippen LogP contribution >= 0.6 is 0 Å². The van der Waals surface area contributed by atoms with Crippen LogP contribution in [0.5, 0.6) is 0 Å². The molecular weight excluding hydrogens is 224 g/mol. The number of rotatable bonds is 8. The summed E-state index contributed by atoms with van der Waals surface area (Å²) in [6.45, 7) is 12.6.